The van der Waals surface area contributed by atoms with Crippen LogP contribution >= 0.6 is 6.34 Å². The highest BCUT2D eigenvalue weighted by Crippen LogP contribution is 2.50. The fraction of sp³-hybridized carbons (Fsp3) is 0.778. The van der Waals surface area contributed by atoms with E-state index in [1.165, 1.54) is 0 Å². The predicted octanol–water partition coefficient (Wildman–Crippen LogP) is 0.852. The molecule has 0 unspecified atom stereocenters. The van der Waals surface area contributed by atoms with E-state index in [4.69, 9.17) is 16.9 Å². The molecule has 0 bridgehead atoms. The van der Waals surface area contributed by atoms with Crippen LogP contribution in [0.2, 0.25) is 0 Å². The van der Waals surface area contributed by atoms with Crippen molar-refractivity contribution in [1.29, 1.82) is 0 Å². The quantitative estimate of drug-likeness (QED) is 0.726. The van der Waals surface area contributed by atoms with E-state index in [1.54, 1.807) is 37.5 Å². The van der Waals surface area contributed by atoms with Gasteiger partial charge in [0, 0.05) is 0 Å². The highest BCUT2D eigenvalue weighted by Gasteiger charge is 2.44. The Labute approximate surface area is 120 Å². The van der Waals surface area contributed by atoms with Crippen LogP contribution in [-0.4, -0.2) is 78.4 Å². The third-order valence-electron chi connectivity index (χ3n) is 2.46. The summed E-state index contributed by atoms with van der Waals surface area (Å²) in [5.74, 6) is -3.72. The van der Waals surface area contributed by atoms with Crippen LogP contribution < -0.4 is 0 Å². The monoisotopic (exact) mass is 335 g/mol. The summed E-state index contributed by atoms with van der Waals surface area (Å²) in [6, 6.07) is 0. The zero-order valence-corrected chi connectivity index (χ0v) is 13.2. The normalized spacial score (nSPS) is 12.8. The molecule has 0 saturated heterocycles. The summed E-state index contributed by atoms with van der Waals surface area (Å²) in [4.78, 5) is 22.2. The molecule has 11 heteroatoms. The summed E-state index contributed by atoms with van der Waals surface area (Å²) >= 11 is 5.33. The van der Waals surface area contributed by atoms with Gasteiger partial charge in [0.25, 0.3) is 0 Å². The Kier molecular flexibility index (Phi) is 6.60. The Balaban J connectivity index is 5.42. The number of amides is 1. The van der Waals surface area contributed by atoms with Gasteiger partial charge in [0.1, 0.15) is 6.54 Å². The number of nitrogens with zero attached hydrogens (tertiary/aromatic N) is 3. The van der Waals surface area contributed by atoms with Crippen molar-refractivity contribution in [3.63, 3.8) is 0 Å². The number of carbonyl (C=O) groups excluding carboxylic acids is 1. The summed E-state index contributed by atoms with van der Waals surface area (Å²) in [7, 11) is 6.32. The molecule has 0 aromatic carbocycles. The van der Waals surface area contributed by atoms with Crippen LogP contribution in [0.4, 0.5) is 13.2 Å². The second-order valence-corrected chi connectivity index (χ2v) is 9.36. The Bertz CT molecular complexity index is 416. The van der Waals surface area contributed by atoms with Gasteiger partial charge in [-0.05, 0) is 28.2 Å². The van der Waals surface area contributed by atoms with E-state index in [1.807, 2.05) is 0 Å². The second-order valence-electron chi connectivity index (χ2n) is 4.40. The van der Waals surface area contributed by atoms with E-state index >= 15 is 0 Å². The van der Waals surface area contributed by atoms with E-state index in [-0.39, 0.29) is 4.90 Å². The van der Waals surface area contributed by atoms with Crippen molar-refractivity contribution in [2.24, 2.45) is 0 Å². The van der Waals surface area contributed by atoms with Crippen LogP contribution in [0.3, 0.4) is 0 Å². The van der Waals surface area contributed by atoms with Gasteiger partial charge in [-0.25, -0.2) is 0 Å². The first kappa shape index (κ1) is 19.3. The van der Waals surface area contributed by atoms with Crippen LogP contribution in [0.5, 0.6) is 0 Å². The number of carbonyl (C=O) groups is 2. The minimum Gasteiger partial charge on any atom is -0.480 e. The van der Waals surface area contributed by atoms with Crippen molar-refractivity contribution < 1.29 is 27.9 Å². The molecule has 0 atom stereocenters. The number of halogens is 3. The second kappa shape index (κ2) is 6.84. The first-order valence-electron chi connectivity index (χ1n) is 5.35. The molecule has 1 N–H and O–H groups in total. The molecule has 118 valence electrons. The van der Waals surface area contributed by atoms with Crippen LogP contribution in [0.25, 0.3) is 0 Å². The largest absolute Gasteiger partial charge is 0.480 e. The van der Waals surface area contributed by atoms with E-state index < -0.39 is 37.2 Å². The topological polar surface area (TPSA) is 64.1 Å². The van der Waals surface area contributed by atoms with Gasteiger partial charge in [-0.2, -0.15) is 13.2 Å². The van der Waals surface area contributed by atoms with Crippen molar-refractivity contribution in [2.45, 2.75) is 6.18 Å². The summed E-state index contributed by atoms with van der Waals surface area (Å²) in [5, 5.41) is 8.66. The number of hydrogen-bond acceptors (Lipinski definition) is 3. The Hall–Kier alpha value is -0.700. The van der Waals surface area contributed by atoms with Crippen molar-refractivity contribution in [3.05, 3.63) is 0 Å². The lowest BCUT2D eigenvalue weighted by molar-refractivity contribution is -0.185. The average molecular weight is 335 g/mol. The lowest BCUT2D eigenvalue weighted by atomic mass is 10.5. The van der Waals surface area contributed by atoms with E-state index in [0.29, 0.717) is 0 Å². The van der Waals surface area contributed by atoms with E-state index in [0.717, 1.165) is 0 Å². The molecule has 0 radical (unpaired) electrons. The number of carboxylic acids is 1. The predicted molar refractivity (Wildman–Crippen MR) is 71.9 cm³/mol. The zero-order valence-electron chi connectivity index (χ0n) is 11.5. The van der Waals surface area contributed by atoms with Crippen LogP contribution in [0.1, 0.15) is 0 Å². The molecule has 0 aromatic heterocycles. The minimum absolute atomic E-state index is 0.239. The van der Waals surface area contributed by atoms with Gasteiger partial charge in [0.2, 0.25) is 0 Å². The highest BCUT2D eigenvalue weighted by molar-refractivity contribution is 8.12. The number of alkyl halides is 3. The molecule has 1 amide bonds. The maximum absolute atomic E-state index is 12.5. The summed E-state index contributed by atoms with van der Waals surface area (Å²) < 4.78 is 40.6. The number of rotatable bonds is 6. The van der Waals surface area contributed by atoms with Crippen LogP contribution in [0, 0.1) is 0 Å². The summed E-state index contributed by atoms with van der Waals surface area (Å²) in [6.45, 7) is -1.04. The third-order valence-corrected chi connectivity index (χ3v) is 7.98. The SMILES string of the molecule is CN(C)P(=S)(CN(CC(=O)O)C(=O)C(F)(F)F)N(C)C. The molecule has 0 aliphatic rings. The molecule has 0 spiro atoms. The molecule has 0 heterocycles. The highest BCUT2D eigenvalue weighted by atomic mass is 32.4. The van der Waals surface area contributed by atoms with Crippen molar-refractivity contribution >= 4 is 30.0 Å². The molecule has 6 nitrogen and oxygen atoms in total. The number of aliphatic carboxylic acids is 1. The van der Waals surface area contributed by atoms with Gasteiger partial charge >= 0.3 is 18.1 Å². The zero-order chi connectivity index (χ0) is 16.3. The maximum atomic E-state index is 12.5. The first-order chi connectivity index (χ1) is 8.82. The fourth-order valence-electron chi connectivity index (χ4n) is 1.36. The summed E-state index contributed by atoms with van der Waals surface area (Å²) in [6.07, 6.45) is -8.25. The molecular formula is C9H17F3N3O3PS. The third kappa shape index (κ3) is 5.01. The Morgan fingerprint density at radius 3 is 1.80 bits per heavy atom. The van der Waals surface area contributed by atoms with Gasteiger partial charge in [0.15, 0.2) is 0 Å². The summed E-state index contributed by atoms with van der Waals surface area (Å²) in [5.41, 5.74) is 0. The maximum Gasteiger partial charge on any atom is 0.471 e. The molecule has 0 aliphatic heterocycles. The molecule has 0 aromatic rings. The fourth-order valence-corrected chi connectivity index (χ4v) is 3.67. The van der Waals surface area contributed by atoms with Crippen molar-refractivity contribution in [1.82, 2.24) is 14.2 Å². The van der Waals surface area contributed by atoms with E-state index in [9.17, 15) is 22.8 Å². The number of carboxylic acid groups (broad SMARTS) is 1. The van der Waals surface area contributed by atoms with Gasteiger partial charge < -0.3 is 10.0 Å². The lowest BCUT2D eigenvalue weighted by Crippen LogP contribution is -2.46. The van der Waals surface area contributed by atoms with Crippen molar-refractivity contribution in [3.8, 4) is 0 Å². The average Bonchev–Trinajstić information content (AvgIpc) is 2.24. The Morgan fingerprint density at radius 1 is 1.15 bits per heavy atom. The molecule has 20 heavy (non-hydrogen) atoms. The molecule has 0 aliphatic carbocycles. The molecule has 0 rings (SSSR count). The number of hydrogen-bond donors (Lipinski definition) is 1. The molecular weight excluding hydrogens is 318 g/mol. The van der Waals surface area contributed by atoms with E-state index in [2.05, 4.69) is 0 Å². The Morgan fingerprint density at radius 2 is 1.55 bits per heavy atom. The molecule has 0 fully saturated rings. The van der Waals surface area contributed by atoms with Gasteiger partial charge in [0.05, 0.1) is 12.6 Å². The van der Waals surface area contributed by atoms with Crippen LogP contribution in [-0.2, 0) is 21.4 Å². The molecule has 0 saturated carbocycles. The smallest absolute Gasteiger partial charge is 0.471 e. The van der Waals surface area contributed by atoms with Gasteiger partial charge in [-0.15, -0.1) is 0 Å². The standard InChI is InChI=1S/C9H17F3N3O3PS/c1-13(2)19(20,14(3)4)6-15(5-7(16)17)8(18)9(10,11)12/h5-6H2,1-4H3,(H,16,17). The van der Waals surface area contributed by atoms with Gasteiger partial charge in [-0.3, -0.25) is 18.9 Å². The van der Waals surface area contributed by atoms with Crippen LogP contribution in [0.15, 0.2) is 0 Å². The van der Waals surface area contributed by atoms with Gasteiger partial charge in [-0.1, -0.05) is 11.8 Å². The minimum atomic E-state index is -5.13. The van der Waals surface area contributed by atoms with Crippen molar-refractivity contribution in [2.75, 3.05) is 41.0 Å². The lowest BCUT2D eigenvalue weighted by Gasteiger charge is -2.38. The first-order valence-corrected chi connectivity index (χ1v) is 8.24.